The molecule has 0 atom stereocenters. The van der Waals surface area contributed by atoms with Gasteiger partial charge < -0.3 is 10.2 Å². The molecular formula is C16H23N3. The molecule has 3 rings (SSSR count). The third-order valence-corrected chi connectivity index (χ3v) is 4.37. The van der Waals surface area contributed by atoms with Crippen molar-refractivity contribution in [1.29, 1.82) is 0 Å². The highest BCUT2D eigenvalue weighted by Gasteiger charge is 2.32. The fourth-order valence-electron chi connectivity index (χ4n) is 3.09. The van der Waals surface area contributed by atoms with Gasteiger partial charge in [-0.1, -0.05) is 24.3 Å². The minimum atomic E-state index is 0.601. The van der Waals surface area contributed by atoms with Crippen molar-refractivity contribution in [3.63, 3.8) is 0 Å². The molecule has 0 unspecified atom stereocenters. The Morgan fingerprint density at radius 2 is 2.05 bits per heavy atom. The predicted octanol–water partition coefficient (Wildman–Crippen LogP) is 2.52. The summed E-state index contributed by atoms with van der Waals surface area (Å²) in [6, 6.07) is 9.38. The van der Waals surface area contributed by atoms with Crippen LogP contribution in [0, 0.1) is 6.92 Å². The molecule has 1 heterocycles. The molecule has 0 radical (unpaired) electrons. The summed E-state index contributed by atoms with van der Waals surface area (Å²) in [5.74, 6) is 1.83. The Morgan fingerprint density at radius 1 is 1.26 bits per heavy atom. The van der Waals surface area contributed by atoms with Gasteiger partial charge in [0.05, 0.1) is 0 Å². The molecule has 0 saturated heterocycles. The molecule has 1 N–H and O–H groups in total. The Kier molecular flexibility index (Phi) is 3.45. The maximum absolute atomic E-state index is 4.58. The number of benzene rings is 1. The highest BCUT2D eigenvalue weighted by Crippen LogP contribution is 2.38. The molecule has 1 fully saturated rings. The summed E-state index contributed by atoms with van der Waals surface area (Å²) in [4.78, 5) is 6.82. The van der Waals surface area contributed by atoms with E-state index in [1.54, 1.807) is 0 Å². The molecule has 0 aromatic heterocycles. The third kappa shape index (κ3) is 2.60. The zero-order chi connectivity index (χ0) is 13.2. The van der Waals surface area contributed by atoms with E-state index in [1.165, 1.54) is 30.4 Å². The highest BCUT2D eigenvalue weighted by atomic mass is 15.3. The van der Waals surface area contributed by atoms with Crippen molar-refractivity contribution in [3.05, 3.63) is 35.4 Å². The largest absolute Gasteiger partial charge is 0.353 e. The number of hydrogen-bond donors (Lipinski definition) is 1. The molecule has 0 spiro atoms. The van der Waals surface area contributed by atoms with Gasteiger partial charge in [-0.15, -0.1) is 0 Å². The lowest BCUT2D eigenvalue weighted by Gasteiger charge is -2.39. The summed E-state index contributed by atoms with van der Waals surface area (Å²) in [7, 11) is 2.13. The van der Waals surface area contributed by atoms with Gasteiger partial charge >= 0.3 is 0 Å². The van der Waals surface area contributed by atoms with E-state index < -0.39 is 0 Å². The second kappa shape index (κ2) is 5.24. The molecular weight excluding hydrogens is 234 g/mol. The van der Waals surface area contributed by atoms with Crippen LogP contribution in [0.2, 0.25) is 0 Å². The summed E-state index contributed by atoms with van der Waals surface area (Å²) in [6.45, 7) is 4.31. The first-order valence-electron chi connectivity index (χ1n) is 7.31. The first-order chi connectivity index (χ1) is 9.24. The number of nitrogens with one attached hydrogen (secondary N) is 1. The number of rotatable bonds is 2. The standard InChI is InChI=1S/C16H23N3/c1-12-6-3-4-7-15(12)13-10-14(11-13)18-16-17-8-5-9-19(16)2/h3-4,6-7,13-14H,5,8-11H2,1-2H3,(H,17,18). The Bertz CT molecular complexity index is 475. The second-order valence-electron chi connectivity index (χ2n) is 5.85. The molecule has 1 aromatic carbocycles. The Balaban J connectivity index is 1.56. The van der Waals surface area contributed by atoms with Crippen molar-refractivity contribution >= 4 is 5.96 Å². The summed E-state index contributed by atoms with van der Waals surface area (Å²) in [5, 5.41) is 3.60. The van der Waals surface area contributed by atoms with Crippen LogP contribution in [0.1, 0.15) is 36.3 Å². The highest BCUT2D eigenvalue weighted by molar-refractivity contribution is 5.80. The van der Waals surface area contributed by atoms with Crippen molar-refractivity contribution in [2.45, 2.75) is 38.1 Å². The van der Waals surface area contributed by atoms with Gasteiger partial charge in [-0.2, -0.15) is 0 Å². The first kappa shape index (κ1) is 12.5. The van der Waals surface area contributed by atoms with Crippen LogP contribution in [0.5, 0.6) is 0 Å². The van der Waals surface area contributed by atoms with Crippen LogP contribution in [-0.2, 0) is 0 Å². The Morgan fingerprint density at radius 3 is 2.79 bits per heavy atom. The fourth-order valence-corrected chi connectivity index (χ4v) is 3.09. The molecule has 0 amide bonds. The van der Waals surface area contributed by atoms with E-state index in [0.29, 0.717) is 6.04 Å². The van der Waals surface area contributed by atoms with Crippen LogP contribution in [0.25, 0.3) is 0 Å². The van der Waals surface area contributed by atoms with Gasteiger partial charge in [-0.05, 0) is 43.2 Å². The molecule has 2 aliphatic rings. The van der Waals surface area contributed by atoms with E-state index in [2.05, 4.69) is 53.4 Å². The summed E-state index contributed by atoms with van der Waals surface area (Å²) >= 11 is 0. The maximum Gasteiger partial charge on any atom is 0.193 e. The minimum Gasteiger partial charge on any atom is -0.353 e. The zero-order valence-corrected chi connectivity index (χ0v) is 11.9. The smallest absolute Gasteiger partial charge is 0.193 e. The second-order valence-corrected chi connectivity index (χ2v) is 5.85. The molecule has 102 valence electrons. The van der Waals surface area contributed by atoms with Crippen LogP contribution in [0.4, 0.5) is 0 Å². The van der Waals surface area contributed by atoms with Crippen LogP contribution in [0.15, 0.2) is 29.3 Å². The molecule has 1 aliphatic carbocycles. The molecule has 19 heavy (non-hydrogen) atoms. The Labute approximate surface area is 115 Å². The number of aryl methyl sites for hydroxylation is 1. The normalized spacial score (nSPS) is 26.6. The summed E-state index contributed by atoms with van der Waals surface area (Å²) in [6.07, 6.45) is 3.65. The molecule has 0 bridgehead atoms. The van der Waals surface area contributed by atoms with Crippen molar-refractivity contribution in [2.75, 3.05) is 20.1 Å². The van der Waals surface area contributed by atoms with Crippen LogP contribution >= 0.6 is 0 Å². The van der Waals surface area contributed by atoms with Gasteiger partial charge in [-0.3, -0.25) is 4.99 Å². The molecule has 3 nitrogen and oxygen atoms in total. The quantitative estimate of drug-likeness (QED) is 0.881. The van der Waals surface area contributed by atoms with E-state index in [-0.39, 0.29) is 0 Å². The van der Waals surface area contributed by atoms with Crippen molar-refractivity contribution < 1.29 is 0 Å². The summed E-state index contributed by atoms with van der Waals surface area (Å²) < 4.78 is 0. The third-order valence-electron chi connectivity index (χ3n) is 4.37. The maximum atomic E-state index is 4.58. The average Bonchev–Trinajstić information content (AvgIpc) is 2.37. The Hall–Kier alpha value is -1.51. The first-order valence-corrected chi connectivity index (χ1v) is 7.31. The fraction of sp³-hybridized carbons (Fsp3) is 0.562. The number of aliphatic imine (C=N–C) groups is 1. The van der Waals surface area contributed by atoms with Gasteiger partial charge in [0.1, 0.15) is 0 Å². The monoisotopic (exact) mass is 257 g/mol. The molecule has 1 saturated carbocycles. The molecule has 3 heteroatoms. The lowest BCUT2D eigenvalue weighted by Crippen LogP contribution is -2.50. The van der Waals surface area contributed by atoms with Gasteiger partial charge in [0.2, 0.25) is 0 Å². The van der Waals surface area contributed by atoms with Gasteiger partial charge in [0.15, 0.2) is 5.96 Å². The van der Waals surface area contributed by atoms with Crippen molar-refractivity contribution in [2.24, 2.45) is 4.99 Å². The SMILES string of the molecule is Cc1ccccc1C1CC(NC2=NCCCN2C)C1. The van der Waals surface area contributed by atoms with E-state index in [1.807, 2.05) is 0 Å². The van der Waals surface area contributed by atoms with Gasteiger partial charge in [-0.25, -0.2) is 0 Å². The molecule has 1 aromatic rings. The van der Waals surface area contributed by atoms with Gasteiger partial charge in [0, 0.05) is 26.2 Å². The lowest BCUT2D eigenvalue weighted by atomic mass is 9.74. The predicted molar refractivity (Wildman–Crippen MR) is 79.6 cm³/mol. The number of hydrogen-bond acceptors (Lipinski definition) is 3. The van der Waals surface area contributed by atoms with Crippen LogP contribution in [-0.4, -0.2) is 37.0 Å². The van der Waals surface area contributed by atoms with E-state index in [4.69, 9.17) is 0 Å². The number of nitrogens with zero attached hydrogens (tertiary/aromatic N) is 2. The van der Waals surface area contributed by atoms with E-state index in [0.717, 1.165) is 25.0 Å². The summed E-state index contributed by atoms with van der Waals surface area (Å²) in [5.41, 5.74) is 2.96. The lowest BCUT2D eigenvalue weighted by molar-refractivity contribution is 0.307. The van der Waals surface area contributed by atoms with E-state index >= 15 is 0 Å². The number of guanidine groups is 1. The zero-order valence-electron chi connectivity index (χ0n) is 11.9. The van der Waals surface area contributed by atoms with Crippen molar-refractivity contribution in [3.8, 4) is 0 Å². The average molecular weight is 257 g/mol. The molecule has 1 aliphatic heterocycles. The van der Waals surface area contributed by atoms with Gasteiger partial charge in [0.25, 0.3) is 0 Å². The van der Waals surface area contributed by atoms with Crippen molar-refractivity contribution in [1.82, 2.24) is 10.2 Å². The minimum absolute atomic E-state index is 0.601. The van der Waals surface area contributed by atoms with Crippen LogP contribution in [0.3, 0.4) is 0 Å². The van der Waals surface area contributed by atoms with Crippen LogP contribution < -0.4 is 5.32 Å². The topological polar surface area (TPSA) is 27.6 Å². The van der Waals surface area contributed by atoms with E-state index in [9.17, 15) is 0 Å².